The third-order valence-corrected chi connectivity index (χ3v) is 7.43. The van der Waals surface area contributed by atoms with Crippen molar-refractivity contribution < 1.29 is 4.79 Å². The zero-order valence-electron chi connectivity index (χ0n) is 20.1. The molecule has 0 aliphatic carbocycles. The zero-order chi connectivity index (χ0) is 22.5. The van der Waals surface area contributed by atoms with Gasteiger partial charge in [-0.05, 0) is 67.8 Å². The highest BCUT2D eigenvalue weighted by Gasteiger charge is 2.35. The van der Waals surface area contributed by atoms with Crippen LogP contribution in [0.15, 0.2) is 48.5 Å². The highest BCUT2D eigenvalue weighted by molar-refractivity contribution is 5.88. The van der Waals surface area contributed by atoms with Crippen molar-refractivity contribution in [2.75, 3.05) is 44.7 Å². The molecule has 1 amide bonds. The number of benzene rings is 2. The van der Waals surface area contributed by atoms with E-state index in [9.17, 15) is 4.79 Å². The topological polar surface area (TPSA) is 26.8 Å². The molecule has 1 fully saturated rings. The van der Waals surface area contributed by atoms with Gasteiger partial charge in [-0.25, -0.2) is 0 Å². The van der Waals surface area contributed by atoms with Crippen LogP contribution in [0.25, 0.3) is 0 Å². The van der Waals surface area contributed by atoms with Gasteiger partial charge in [-0.1, -0.05) is 49.4 Å². The Morgan fingerprint density at radius 3 is 2.69 bits per heavy atom. The van der Waals surface area contributed by atoms with Gasteiger partial charge in [0.25, 0.3) is 0 Å². The second-order valence-electron chi connectivity index (χ2n) is 9.57. The van der Waals surface area contributed by atoms with Crippen LogP contribution in [-0.2, 0) is 24.1 Å². The highest BCUT2D eigenvalue weighted by Crippen LogP contribution is 2.31. The van der Waals surface area contributed by atoms with Crippen LogP contribution < -0.4 is 4.90 Å². The Labute approximate surface area is 194 Å². The minimum atomic E-state index is -0.0575. The van der Waals surface area contributed by atoms with Gasteiger partial charge in [-0.3, -0.25) is 4.79 Å². The van der Waals surface area contributed by atoms with Gasteiger partial charge < -0.3 is 14.7 Å². The van der Waals surface area contributed by atoms with Crippen LogP contribution in [0, 0.1) is 5.92 Å². The summed E-state index contributed by atoms with van der Waals surface area (Å²) in [6, 6.07) is 17.4. The Kier molecular flexibility index (Phi) is 7.51. The number of hydrogen-bond donors (Lipinski definition) is 0. The van der Waals surface area contributed by atoms with E-state index >= 15 is 0 Å². The molecule has 2 aliphatic rings. The molecule has 4 nitrogen and oxygen atoms in total. The number of hydrogen-bond acceptors (Lipinski definition) is 3. The van der Waals surface area contributed by atoms with Gasteiger partial charge in [-0.15, -0.1) is 0 Å². The first-order valence-corrected chi connectivity index (χ1v) is 12.5. The molecule has 0 spiro atoms. The van der Waals surface area contributed by atoms with Crippen molar-refractivity contribution in [1.82, 2.24) is 9.80 Å². The van der Waals surface area contributed by atoms with Gasteiger partial charge >= 0.3 is 0 Å². The van der Waals surface area contributed by atoms with E-state index in [4.69, 9.17) is 0 Å². The molecule has 2 aromatic carbocycles. The van der Waals surface area contributed by atoms with Crippen molar-refractivity contribution in [2.45, 2.75) is 52.0 Å². The minimum absolute atomic E-state index is 0.0575. The number of likely N-dealkylation sites (N-methyl/N-ethyl adjacent to an activating group) is 2. The van der Waals surface area contributed by atoms with E-state index in [1.165, 1.54) is 41.8 Å². The zero-order valence-corrected chi connectivity index (χ0v) is 20.1. The maximum Gasteiger partial charge on any atom is 0.245 e. The number of anilines is 1. The monoisotopic (exact) mass is 433 g/mol. The van der Waals surface area contributed by atoms with Crippen LogP contribution in [0.2, 0.25) is 0 Å². The number of piperidine rings is 1. The van der Waals surface area contributed by atoms with E-state index in [2.05, 4.69) is 84.1 Å². The second kappa shape index (κ2) is 10.5. The quantitative estimate of drug-likeness (QED) is 0.617. The van der Waals surface area contributed by atoms with Crippen LogP contribution in [0.1, 0.15) is 43.4 Å². The van der Waals surface area contributed by atoms with E-state index in [1.807, 2.05) is 0 Å². The van der Waals surface area contributed by atoms with E-state index in [1.54, 1.807) is 0 Å². The summed E-state index contributed by atoms with van der Waals surface area (Å²) in [5.41, 5.74) is 5.37. The van der Waals surface area contributed by atoms with Crippen LogP contribution in [0.5, 0.6) is 0 Å². The van der Waals surface area contributed by atoms with Gasteiger partial charge in [0.05, 0.1) is 0 Å². The van der Waals surface area contributed by atoms with Crippen LogP contribution in [-0.4, -0.2) is 61.5 Å². The summed E-state index contributed by atoms with van der Waals surface area (Å²) in [4.78, 5) is 20.4. The molecule has 0 saturated carbocycles. The summed E-state index contributed by atoms with van der Waals surface area (Å²) in [5.74, 6) is 0.864. The van der Waals surface area contributed by atoms with E-state index in [0.717, 1.165) is 45.4 Å². The lowest BCUT2D eigenvalue weighted by atomic mass is 9.96. The Morgan fingerprint density at radius 1 is 1.09 bits per heavy atom. The number of aryl methyl sites for hydroxylation is 1. The Balaban J connectivity index is 1.31. The summed E-state index contributed by atoms with van der Waals surface area (Å²) >= 11 is 0. The fourth-order valence-electron chi connectivity index (χ4n) is 5.49. The minimum Gasteiger partial charge on any atom is -0.362 e. The third-order valence-electron chi connectivity index (χ3n) is 7.43. The van der Waals surface area contributed by atoms with E-state index in [0.29, 0.717) is 11.8 Å². The number of amides is 1. The fraction of sp³-hybridized carbons (Fsp3) is 0.536. The first-order valence-electron chi connectivity index (χ1n) is 12.5. The molecule has 32 heavy (non-hydrogen) atoms. The molecule has 0 N–H and O–H groups in total. The van der Waals surface area contributed by atoms with Gasteiger partial charge in [0, 0.05) is 45.3 Å². The molecule has 2 aromatic rings. The molecule has 0 radical (unpaired) electrons. The van der Waals surface area contributed by atoms with Crippen LogP contribution >= 0.6 is 0 Å². The normalized spacial score (nSPS) is 20.9. The average molecular weight is 434 g/mol. The van der Waals surface area contributed by atoms with Gasteiger partial charge in [-0.2, -0.15) is 0 Å². The molecule has 4 rings (SSSR count). The number of likely N-dealkylation sites (tertiary alicyclic amines) is 1. The SMILES string of the molecule is CCc1cccc(CCN2CCCC(CN(CC)C(=O)C3Cc4ccccc4N3C)C2)c1. The molecule has 2 unspecified atom stereocenters. The molecule has 172 valence electrons. The van der Waals surface area contributed by atoms with Gasteiger partial charge in [0.1, 0.15) is 6.04 Å². The van der Waals surface area contributed by atoms with Crippen molar-refractivity contribution in [3.63, 3.8) is 0 Å². The maximum atomic E-state index is 13.5. The highest BCUT2D eigenvalue weighted by atomic mass is 16.2. The van der Waals surface area contributed by atoms with E-state index < -0.39 is 0 Å². The first kappa shape index (κ1) is 22.8. The lowest BCUT2D eigenvalue weighted by Gasteiger charge is -2.37. The van der Waals surface area contributed by atoms with Gasteiger partial charge in [0.2, 0.25) is 5.91 Å². The summed E-state index contributed by atoms with van der Waals surface area (Å²) in [5, 5.41) is 0. The van der Waals surface area contributed by atoms with Crippen molar-refractivity contribution >= 4 is 11.6 Å². The number of carbonyl (C=O) groups excluding carboxylic acids is 1. The molecule has 4 heteroatoms. The first-order chi connectivity index (χ1) is 15.6. The van der Waals surface area contributed by atoms with Crippen molar-refractivity contribution in [2.24, 2.45) is 5.92 Å². The molecule has 1 saturated heterocycles. The Hall–Kier alpha value is -2.33. The number of fused-ring (bicyclic) bond motifs is 1. The molecule has 0 bridgehead atoms. The second-order valence-corrected chi connectivity index (χ2v) is 9.57. The summed E-state index contributed by atoms with van der Waals surface area (Å²) in [6.45, 7) is 9.43. The summed E-state index contributed by atoms with van der Waals surface area (Å²) in [7, 11) is 2.07. The standard InChI is InChI=1S/C28H39N3O/c1-4-22-10-8-11-23(18-22)15-17-30-16-9-12-24(20-30)21-31(5-2)28(32)27-19-25-13-6-7-14-26(25)29(27)3/h6-8,10-11,13-14,18,24,27H,4-5,9,12,15-17,19-21H2,1-3H3. The number of rotatable bonds is 8. The third kappa shape index (κ3) is 5.17. The molecular weight excluding hydrogens is 394 g/mol. The van der Waals surface area contributed by atoms with E-state index in [-0.39, 0.29) is 6.04 Å². The smallest absolute Gasteiger partial charge is 0.245 e. The Morgan fingerprint density at radius 2 is 1.91 bits per heavy atom. The van der Waals surface area contributed by atoms with Crippen LogP contribution in [0.3, 0.4) is 0 Å². The lowest BCUT2D eigenvalue weighted by Crippen LogP contribution is -2.49. The van der Waals surface area contributed by atoms with Crippen molar-refractivity contribution in [3.05, 3.63) is 65.2 Å². The number of nitrogens with zero attached hydrogens (tertiary/aromatic N) is 3. The summed E-state index contributed by atoms with van der Waals surface area (Å²) in [6.07, 6.45) is 5.51. The molecule has 2 heterocycles. The van der Waals surface area contributed by atoms with Gasteiger partial charge in [0.15, 0.2) is 0 Å². The maximum absolute atomic E-state index is 13.5. The average Bonchev–Trinajstić information content (AvgIpc) is 3.18. The van der Waals surface area contributed by atoms with Crippen molar-refractivity contribution in [1.29, 1.82) is 0 Å². The fourth-order valence-corrected chi connectivity index (χ4v) is 5.49. The molecule has 2 atom stereocenters. The predicted octanol–water partition coefficient (Wildman–Crippen LogP) is 4.41. The van der Waals surface area contributed by atoms with Crippen LogP contribution in [0.4, 0.5) is 5.69 Å². The summed E-state index contributed by atoms with van der Waals surface area (Å²) < 4.78 is 0. The molecule has 2 aliphatic heterocycles. The predicted molar refractivity (Wildman–Crippen MR) is 133 cm³/mol. The molecule has 0 aromatic heterocycles. The lowest BCUT2D eigenvalue weighted by molar-refractivity contribution is -0.133. The number of carbonyl (C=O) groups is 1. The largest absolute Gasteiger partial charge is 0.362 e. The van der Waals surface area contributed by atoms with Crippen molar-refractivity contribution in [3.8, 4) is 0 Å². The Bertz CT molecular complexity index is 911. The number of para-hydroxylation sites is 1. The molecular formula is C28H39N3O.